The Hall–Kier alpha value is -2.10. The highest BCUT2D eigenvalue weighted by atomic mass is 15.2. The zero-order valence-corrected chi connectivity index (χ0v) is 13.7. The fraction of sp³-hybridized carbons (Fsp3) is 0.474. The first-order valence-electron chi connectivity index (χ1n) is 8.75. The van der Waals surface area contributed by atoms with E-state index in [2.05, 4.69) is 46.4 Å². The summed E-state index contributed by atoms with van der Waals surface area (Å²) in [6, 6.07) is 11.7. The minimum Gasteiger partial charge on any atom is -0.351 e. The van der Waals surface area contributed by atoms with E-state index < -0.39 is 0 Å². The molecule has 2 aromatic rings. The first-order chi connectivity index (χ1) is 11.3. The van der Waals surface area contributed by atoms with Crippen LogP contribution >= 0.6 is 0 Å². The number of fused-ring (bicyclic) bond motifs is 1. The summed E-state index contributed by atoms with van der Waals surface area (Å²) < 4.78 is 0. The molecule has 0 unspecified atom stereocenters. The second-order valence-corrected chi connectivity index (χ2v) is 6.68. The summed E-state index contributed by atoms with van der Waals surface area (Å²) in [6.45, 7) is 3.28. The number of nitrogens with one attached hydrogen (secondary N) is 1. The number of hydrogen-bond acceptors (Lipinski definition) is 4. The van der Waals surface area contributed by atoms with Crippen LogP contribution in [0.2, 0.25) is 0 Å². The van der Waals surface area contributed by atoms with Crippen molar-refractivity contribution < 1.29 is 0 Å². The maximum Gasteiger partial charge on any atom is 0.224 e. The Morgan fingerprint density at radius 3 is 2.83 bits per heavy atom. The molecule has 0 spiro atoms. The van der Waals surface area contributed by atoms with Crippen molar-refractivity contribution in [2.24, 2.45) is 0 Å². The lowest BCUT2D eigenvalue weighted by Gasteiger charge is -2.36. The van der Waals surface area contributed by atoms with Crippen LogP contribution in [-0.2, 0) is 6.42 Å². The van der Waals surface area contributed by atoms with Gasteiger partial charge in [-0.2, -0.15) is 4.98 Å². The van der Waals surface area contributed by atoms with E-state index >= 15 is 0 Å². The fourth-order valence-electron chi connectivity index (χ4n) is 3.92. The molecule has 0 amide bonds. The first-order valence-corrected chi connectivity index (χ1v) is 8.75. The summed E-state index contributed by atoms with van der Waals surface area (Å²) in [5.74, 6) is 1.81. The highest BCUT2D eigenvalue weighted by Crippen LogP contribution is 2.32. The van der Waals surface area contributed by atoms with Crippen LogP contribution in [0.1, 0.15) is 49.8 Å². The number of aromatic nitrogens is 2. The predicted molar refractivity (Wildman–Crippen MR) is 93.8 cm³/mol. The molecule has 0 radical (unpaired) electrons. The van der Waals surface area contributed by atoms with Crippen molar-refractivity contribution in [3.8, 4) is 0 Å². The summed E-state index contributed by atoms with van der Waals surface area (Å²) in [5.41, 5.74) is 2.89. The Morgan fingerprint density at radius 1 is 1.13 bits per heavy atom. The fourth-order valence-corrected chi connectivity index (χ4v) is 3.92. The van der Waals surface area contributed by atoms with Crippen LogP contribution in [0.25, 0.3) is 0 Å². The number of nitrogens with zero attached hydrogens (tertiary/aromatic N) is 3. The molecule has 4 nitrogen and oxygen atoms in total. The van der Waals surface area contributed by atoms with Crippen LogP contribution in [0, 0.1) is 0 Å². The maximum atomic E-state index is 4.79. The third kappa shape index (κ3) is 2.90. The minimum absolute atomic E-state index is 0.356. The van der Waals surface area contributed by atoms with Gasteiger partial charge in [0.25, 0.3) is 0 Å². The SMILES string of the molecule is C[C@H]1c2ccccc2CCN1c1ccnc(NC2CCCC2)n1. The molecule has 23 heavy (non-hydrogen) atoms. The van der Waals surface area contributed by atoms with Crippen LogP contribution in [0.4, 0.5) is 11.8 Å². The van der Waals surface area contributed by atoms with E-state index in [4.69, 9.17) is 4.98 Å². The minimum atomic E-state index is 0.356. The van der Waals surface area contributed by atoms with E-state index in [1.54, 1.807) is 0 Å². The lowest BCUT2D eigenvalue weighted by Crippen LogP contribution is -2.34. The lowest BCUT2D eigenvalue weighted by atomic mass is 9.94. The molecule has 2 heterocycles. The number of hydrogen-bond donors (Lipinski definition) is 1. The monoisotopic (exact) mass is 308 g/mol. The molecule has 1 saturated carbocycles. The van der Waals surface area contributed by atoms with Gasteiger partial charge in [0.05, 0.1) is 6.04 Å². The van der Waals surface area contributed by atoms with E-state index in [1.165, 1.54) is 36.8 Å². The van der Waals surface area contributed by atoms with Gasteiger partial charge in [0, 0.05) is 18.8 Å². The van der Waals surface area contributed by atoms with Gasteiger partial charge in [0.2, 0.25) is 5.95 Å². The van der Waals surface area contributed by atoms with Gasteiger partial charge in [-0.15, -0.1) is 0 Å². The average molecular weight is 308 g/mol. The van der Waals surface area contributed by atoms with Gasteiger partial charge >= 0.3 is 0 Å². The van der Waals surface area contributed by atoms with E-state index in [-0.39, 0.29) is 0 Å². The molecule has 0 bridgehead atoms. The van der Waals surface area contributed by atoms with Gasteiger partial charge in [-0.1, -0.05) is 37.1 Å². The molecule has 1 fully saturated rings. The highest BCUT2D eigenvalue weighted by Gasteiger charge is 2.25. The summed E-state index contributed by atoms with van der Waals surface area (Å²) in [6.07, 6.45) is 8.07. The summed E-state index contributed by atoms with van der Waals surface area (Å²) in [4.78, 5) is 11.6. The van der Waals surface area contributed by atoms with Crippen LogP contribution in [0.15, 0.2) is 36.5 Å². The van der Waals surface area contributed by atoms with E-state index in [0.29, 0.717) is 12.1 Å². The van der Waals surface area contributed by atoms with Gasteiger partial charge in [-0.25, -0.2) is 4.98 Å². The largest absolute Gasteiger partial charge is 0.351 e. The molecular weight excluding hydrogens is 284 g/mol. The predicted octanol–water partition coefficient (Wildman–Crippen LogP) is 3.95. The van der Waals surface area contributed by atoms with Gasteiger partial charge in [0.15, 0.2) is 0 Å². The number of anilines is 2. The highest BCUT2D eigenvalue weighted by molar-refractivity contribution is 5.49. The molecular formula is C19H24N4. The molecule has 120 valence electrons. The zero-order chi connectivity index (χ0) is 15.6. The third-order valence-electron chi connectivity index (χ3n) is 5.22. The van der Waals surface area contributed by atoms with Crippen molar-refractivity contribution in [3.63, 3.8) is 0 Å². The van der Waals surface area contributed by atoms with Gasteiger partial charge in [-0.3, -0.25) is 0 Å². The third-order valence-corrected chi connectivity index (χ3v) is 5.22. The molecule has 0 saturated heterocycles. The van der Waals surface area contributed by atoms with E-state index in [0.717, 1.165) is 24.7 Å². The van der Waals surface area contributed by atoms with Gasteiger partial charge in [-0.05, 0) is 43.4 Å². The second-order valence-electron chi connectivity index (χ2n) is 6.68. The van der Waals surface area contributed by atoms with Crippen LogP contribution < -0.4 is 10.2 Å². The van der Waals surface area contributed by atoms with Crippen molar-refractivity contribution in [1.29, 1.82) is 0 Å². The molecule has 1 N–H and O–H groups in total. The topological polar surface area (TPSA) is 41.1 Å². The smallest absolute Gasteiger partial charge is 0.224 e. The van der Waals surface area contributed by atoms with E-state index in [1.807, 2.05) is 12.3 Å². The molecule has 1 aromatic heterocycles. The Bertz CT molecular complexity index is 679. The van der Waals surface area contributed by atoms with E-state index in [9.17, 15) is 0 Å². The van der Waals surface area contributed by atoms with Crippen LogP contribution in [0.5, 0.6) is 0 Å². The molecule has 2 aliphatic rings. The molecule has 4 rings (SSSR count). The first kappa shape index (κ1) is 14.5. The summed E-state index contributed by atoms with van der Waals surface area (Å²) >= 11 is 0. The van der Waals surface area contributed by atoms with Crippen molar-refractivity contribution >= 4 is 11.8 Å². The molecule has 1 atom stereocenters. The van der Waals surface area contributed by atoms with Gasteiger partial charge < -0.3 is 10.2 Å². The molecule has 1 aliphatic heterocycles. The zero-order valence-electron chi connectivity index (χ0n) is 13.7. The van der Waals surface area contributed by atoms with Crippen molar-refractivity contribution in [2.75, 3.05) is 16.8 Å². The normalized spacial score (nSPS) is 21.3. The molecule has 1 aromatic carbocycles. The standard InChI is InChI=1S/C19H24N4/c1-14-17-9-5-2-6-15(17)11-13-23(14)18-10-12-20-19(22-18)21-16-7-3-4-8-16/h2,5-6,9-10,12,14,16H,3-4,7-8,11,13H2,1H3,(H,20,21,22)/t14-/m0/s1. The van der Waals surface area contributed by atoms with Crippen LogP contribution in [0.3, 0.4) is 0 Å². The Kier molecular flexibility index (Phi) is 3.90. The lowest BCUT2D eigenvalue weighted by molar-refractivity contribution is 0.616. The van der Waals surface area contributed by atoms with Crippen molar-refractivity contribution in [1.82, 2.24) is 9.97 Å². The number of rotatable bonds is 3. The Labute approximate surface area is 138 Å². The van der Waals surface area contributed by atoms with Gasteiger partial charge in [0.1, 0.15) is 5.82 Å². The Morgan fingerprint density at radius 2 is 1.96 bits per heavy atom. The van der Waals surface area contributed by atoms with Crippen molar-refractivity contribution in [3.05, 3.63) is 47.7 Å². The van der Waals surface area contributed by atoms with Crippen LogP contribution in [-0.4, -0.2) is 22.6 Å². The Balaban J connectivity index is 1.56. The second kappa shape index (κ2) is 6.19. The summed E-state index contributed by atoms with van der Waals surface area (Å²) in [7, 11) is 0. The number of benzene rings is 1. The molecule has 1 aliphatic carbocycles. The quantitative estimate of drug-likeness (QED) is 0.932. The molecule has 4 heteroatoms. The summed E-state index contributed by atoms with van der Waals surface area (Å²) in [5, 5.41) is 3.51. The van der Waals surface area contributed by atoms with Crippen molar-refractivity contribution in [2.45, 2.75) is 51.1 Å². The average Bonchev–Trinajstić information content (AvgIpc) is 3.09. The maximum absolute atomic E-state index is 4.79.